The Morgan fingerprint density at radius 3 is 2.39 bits per heavy atom. The van der Waals surface area contributed by atoms with Gasteiger partial charge in [-0.25, -0.2) is 0 Å². The van der Waals surface area contributed by atoms with E-state index in [9.17, 15) is 9.90 Å². The molecule has 0 radical (unpaired) electrons. The van der Waals surface area contributed by atoms with Crippen molar-refractivity contribution in [2.45, 2.75) is 24.7 Å². The van der Waals surface area contributed by atoms with E-state index in [4.69, 9.17) is 11.6 Å². The minimum absolute atomic E-state index is 0.0375. The highest BCUT2D eigenvalue weighted by Crippen LogP contribution is 2.67. The first-order chi connectivity index (χ1) is 17.3. The molecule has 1 N–H and O–H groups in total. The topological polar surface area (TPSA) is 53.4 Å². The molecule has 4 aromatic rings. The highest BCUT2D eigenvalue weighted by Gasteiger charge is 2.66. The second-order valence-electron chi connectivity index (χ2n) is 9.78. The molecule has 0 saturated heterocycles. The number of amides is 1. The molecule has 178 valence electrons. The van der Waals surface area contributed by atoms with Gasteiger partial charge in [0.15, 0.2) is 0 Å². The van der Waals surface area contributed by atoms with Crippen LogP contribution in [0.3, 0.4) is 0 Å². The second-order valence-corrected chi connectivity index (χ2v) is 10.2. The number of halogens is 1. The minimum atomic E-state index is -0.607. The van der Waals surface area contributed by atoms with Gasteiger partial charge in [-0.3, -0.25) is 9.78 Å². The largest absolute Gasteiger partial charge is 0.508 e. The van der Waals surface area contributed by atoms with Gasteiger partial charge in [0.05, 0.1) is 10.4 Å². The van der Waals surface area contributed by atoms with Gasteiger partial charge in [-0.2, -0.15) is 0 Å². The zero-order valence-electron chi connectivity index (χ0n) is 20.1. The number of aryl methyl sites for hydroxylation is 1. The minimum Gasteiger partial charge on any atom is -0.508 e. The van der Waals surface area contributed by atoms with Gasteiger partial charge in [0.1, 0.15) is 5.76 Å². The fourth-order valence-corrected chi connectivity index (χ4v) is 5.96. The third-order valence-electron chi connectivity index (χ3n) is 7.76. The van der Waals surface area contributed by atoms with E-state index >= 15 is 0 Å². The summed E-state index contributed by atoms with van der Waals surface area (Å²) in [6.45, 7) is 5.65. The van der Waals surface area contributed by atoms with Crippen molar-refractivity contribution in [2.24, 2.45) is 0 Å². The van der Waals surface area contributed by atoms with Crippen LogP contribution in [0.15, 0.2) is 85.7 Å². The molecule has 1 aliphatic carbocycles. The molecule has 2 heterocycles. The van der Waals surface area contributed by atoms with Crippen molar-refractivity contribution in [3.63, 3.8) is 0 Å². The zero-order chi connectivity index (χ0) is 25.2. The zero-order valence-corrected chi connectivity index (χ0v) is 20.9. The lowest BCUT2D eigenvalue weighted by Gasteiger charge is -2.14. The van der Waals surface area contributed by atoms with Crippen molar-refractivity contribution in [1.82, 2.24) is 4.98 Å². The van der Waals surface area contributed by atoms with Crippen LogP contribution in [-0.4, -0.2) is 23.0 Å². The van der Waals surface area contributed by atoms with Gasteiger partial charge in [0.2, 0.25) is 5.91 Å². The van der Waals surface area contributed by atoms with Crippen LogP contribution in [0.4, 0.5) is 5.69 Å². The molecular weight excluding hydrogens is 468 g/mol. The van der Waals surface area contributed by atoms with E-state index in [1.54, 1.807) is 17.3 Å². The number of aliphatic hydroxyl groups is 1. The summed E-state index contributed by atoms with van der Waals surface area (Å²) < 4.78 is 0. The molecular formula is C31H25ClN2O2. The molecule has 3 aromatic carbocycles. The van der Waals surface area contributed by atoms with Crippen LogP contribution >= 0.6 is 11.6 Å². The number of carbonyl (C=O) groups excluding carboxylic acids is 1. The van der Waals surface area contributed by atoms with Crippen molar-refractivity contribution in [3.8, 4) is 22.3 Å². The van der Waals surface area contributed by atoms with Crippen LogP contribution in [0.5, 0.6) is 0 Å². The van der Waals surface area contributed by atoms with Crippen molar-refractivity contribution in [3.05, 3.63) is 113 Å². The Balaban J connectivity index is 1.41. The average Bonchev–Trinajstić information content (AvgIpc) is 3.61. The second kappa shape index (κ2) is 8.07. The Bertz CT molecular complexity index is 1550. The Hall–Kier alpha value is -3.89. The molecule has 1 saturated carbocycles. The van der Waals surface area contributed by atoms with E-state index in [0.29, 0.717) is 5.02 Å². The maximum Gasteiger partial charge on any atom is 0.238 e. The van der Waals surface area contributed by atoms with Gasteiger partial charge in [-0.15, -0.1) is 0 Å². The summed E-state index contributed by atoms with van der Waals surface area (Å²) >= 11 is 6.77. The van der Waals surface area contributed by atoms with Crippen molar-refractivity contribution >= 4 is 29.0 Å². The van der Waals surface area contributed by atoms with Gasteiger partial charge in [-0.05, 0) is 77.1 Å². The molecule has 2 aliphatic rings. The third-order valence-corrected chi connectivity index (χ3v) is 8.07. The van der Waals surface area contributed by atoms with Gasteiger partial charge in [0.25, 0.3) is 0 Å². The molecule has 1 aliphatic heterocycles. The molecule has 6 rings (SSSR count). The fraction of sp³-hybridized carbons (Fsp3) is 0.161. The standard InChI is InChI=1S/C31H25ClN2O2/c1-18-4-5-23(14-24(18)19(2)35)27-17-31(27)26-15-25(28(32)16-29(26)34(3)30(31)36)22-8-6-20(7-9-22)21-10-12-33-13-11-21/h4-16,27,35H,2,17H2,1,3H3. The fourth-order valence-electron chi connectivity index (χ4n) is 5.70. The SMILES string of the molecule is C=C(O)c1cc(C2CC23C(=O)N(C)c2cc(Cl)c(-c4ccc(-c5ccncc5)cc4)cc23)ccc1C. The van der Waals surface area contributed by atoms with Gasteiger partial charge in [0, 0.05) is 42.2 Å². The van der Waals surface area contributed by atoms with E-state index < -0.39 is 5.41 Å². The van der Waals surface area contributed by atoms with Crippen molar-refractivity contribution in [2.75, 3.05) is 11.9 Å². The molecule has 1 aromatic heterocycles. The summed E-state index contributed by atoms with van der Waals surface area (Å²) in [7, 11) is 1.82. The number of anilines is 1. The Labute approximate surface area is 215 Å². The number of benzene rings is 3. The number of aromatic nitrogens is 1. The molecule has 1 spiro atoms. The van der Waals surface area contributed by atoms with E-state index in [-0.39, 0.29) is 17.6 Å². The van der Waals surface area contributed by atoms with Gasteiger partial charge < -0.3 is 10.0 Å². The first-order valence-electron chi connectivity index (χ1n) is 11.9. The summed E-state index contributed by atoms with van der Waals surface area (Å²) in [5, 5.41) is 10.7. The van der Waals surface area contributed by atoms with Gasteiger partial charge >= 0.3 is 0 Å². The number of pyridine rings is 1. The predicted molar refractivity (Wildman–Crippen MR) is 145 cm³/mol. The summed E-state index contributed by atoms with van der Waals surface area (Å²) in [4.78, 5) is 19.4. The number of nitrogens with zero attached hydrogens (tertiary/aromatic N) is 2. The van der Waals surface area contributed by atoms with Crippen LogP contribution in [0.1, 0.15) is 34.6 Å². The Kier molecular flexibility index (Phi) is 5.06. The van der Waals surface area contributed by atoms with E-state index in [2.05, 4.69) is 48.0 Å². The third kappa shape index (κ3) is 3.29. The van der Waals surface area contributed by atoms with Crippen LogP contribution in [0.25, 0.3) is 28.0 Å². The van der Waals surface area contributed by atoms with Crippen LogP contribution in [0, 0.1) is 6.92 Å². The monoisotopic (exact) mass is 492 g/mol. The molecule has 2 atom stereocenters. The molecule has 5 heteroatoms. The quantitative estimate of drug-likeness (QED) is 0.304. The highest BCUT2D eigenvalue weighted by atomic mass is 35.5. The lowest BCUT2D eigenvalue weighted by molar-refractivity contribution is -0.120. The molecule has 4 nitrogen and oxygen atoms in total. The van der Waals surface area contributed by atoms with E-state index in [0.717, 1.165) is 56.6 Å². The molecule has 0 bridgehead atoms. The van der Waals surface area contributed by atoms with E-state index in [1.165, 1.54) is 0 Å². The average molecular weight is 493 g/mol. The van der Waals surface area contributed by atoms with Crippen LogP contribution in [-0.2, 0) is 10.2 Å². The van der Waals surface area contributed by atoms with Crippen LogP contribution < -0.4 is 4.90 Å². The molecule has 1 fully saturated rings. The van der Waals surface area contributed by atoms with Crippen LogP contribution in [0.2, 0.25) is 5.02 Å². The van der Waals surface area contributed by atoms with Gasteiger partial charge in [-0.1, -0.05) is 54.6 Å². The Morgan fingerprint density at radius 1 is 1.03 bits per heavy atom. The normalized spacial score (nSPS) is 20.0. The lowest BCUT2D eigenvalue weighted by atomic mass is 9.89. The maximum absolute atomic E-state index is 13.6. The number of fused-ring (bicyclic) bond motifs is 2. The summed E-state index contributed by atoms with van der Waals surface area (Å²) in [5.74, 6) is 0.174. The first kappa shape index (κ1) is 22.6. The number of hydrogen-bond donors (Lipinski definition) is 1. The number of aliphatic hydroxyl groups excluding tert-OH is 1. The van der Waals surface area contributed by atoms with Crippen molar-refractivity contribution in [1.29, 1.82) is 0 Å². The first-order valence-corrected chi connectivity index (χ1v) is 12.3. The van der Waals surface area contributed by atoms with Crippen molar-refractivity contribution < 1.29 is 9.90 Å². The summed E-state index contributed by atoms with van der Waals surface area (Å²) in [6.07, 6.45) is 4.30. The number of carbonyl (C=O) groups is 1. The number of rotatable bonds is 4. The summed E-state index contributed by atoms with van der Waals surface area (Å²) in [5.41, 5.74) is 8.12. The smallest absolute Gasteiger partial charge is 0.238 e. The molecule has 2 unspecified atom stereocenters. The highest BCUT2D eigenvalue weighted by molar-refractivity contribution is 6.34. The molecule has 36 heavy (non-hydrogen) atoms. The van der Waals surface area contributed by atoms with E-state index in [1.807, 2.05) is 44.3 Å². The lowest BCUT2D eigenvalue weighted by Crippen LogP contribution is -2.29. The summed E-state index contributed by atoms with van der Waals surface area (Å²) in [6, 6.07) is 22.3. The molecule has 1 amide bonds. The Morgan fingerprint density at radius 2 is 1.69 bits per heavy atom. The predicted octanol–water partition coefficient (Wildman–Crippen LogP) is 7.31. The number of hydrogen-bond acceptors (Lipinski definition) is 3. The number of likely N-dealkylation sites (N-methyl/N-ethyl adjacent to an activating group) is 1. The maximum atomic E-state index is 13.6.